The fraction of sp³-hybridized carbons (Fsp3) is 0.217. The predicted molar refractivity (Wildman–Crippen MR) is 117 cm³/mol. The average molecular weight is 422 g/mol. The Kier molecular flexibility index (Phi) is 4.86. The van der Waals surface area contributed by atoms with Crippen molar-refractivity contribution in [2.45, 2.75) is 38.0 Å². The molecule has 6 nitrogen and oxygen atoms in total. The van der Waals surface area contributed by atoms with E-state index in [0.29, 0.717) is 5.52 Å². The number of benzene rings is 2. The summed E-state index contributed by atoms with van der Waals surface area (Å²) >= 11 is 0. The van der Waals surface area contributed by atoms with Crippen LogP contribution in [0.5, 0.6) is 5.88 Å². The number of hydrogen-bond donors (Lipinski definition) is 0. The van der Waals surface area contributed by atoms with Crippen LogP contribution in [0.4, 0.5) is 0 Å². The van der Waals surface area contributed by atoms with Gasteiger partial charge in [0.05, 0.1) is 16.9 Å². The maximum atomic E-state index is 13.2. The van der Waals surface area contributed by atoms with Crippen LogP contribution in [0.2, 0.25) is 0 Å². The van der Waals surface area contributed by atoms with Crippen LogP contribution in [0.1, 0.15) is 32.0 Å². The van der Waals surface area contributed by atoms with E-state index in [1.807, 2.05) is 64.1 Å². The molecule has 0 fully saturated rings. The van der Waals surface area contributed by atoms with E-state index < -0.39 is 10.1 Å². The number of fused-ring (bicyclic) bond motifs is 1. The Balaban J connectivity index is 1.83. The fourth-order valence-corrected chi connectivity index (χ4v) is 4.18. The van der Waals surface area contributed by atoms with Gasteiger partial charge in [-0.05, 0) is 31.2 Å². The molecule has 0 aliphatic rings. The van der Waals surface area contributed by atoms with Crippen molar-refractivity contribution in [3.63, 3.8) is 0 Å². The van der Waals surface area contributed by atoms with Crippen LogP contribution >= 0.6 is 0 Å². The summed E-state index contributed by atoms with van der Waals surface area (Å²) in [7, 11) is -4.13. The molecule has 4 rings (SSSR count). The number of aromatic nitrogens is 3. The largest absolute Gasteiger partial charge is 0.358 e. The Morgan fingerprint density at radius 2 is 1.67 bits per heavy atom. The van der Waals surface area contributed by atoms with Crippen LogP contribution in [0, 0.1) is 6.92 Å². The molecule has 0 saturated heterocycles. The van der Waals surface area contributed by atoms with Gasteiger partial charge < -0.3 is 4.18 Å². The lowest BCUT2D eigenvalue weighted by Crippen LogP contribution is -2.14. The zero-order valence-corrected chi connectivity index (χ0v) is 18.1. The van der Waals surface area contributed by atoms with Gasteiger partial charge in [-0.3, -0.25) is 4.98 Å². The molecule has 2 aromatic carbocycles. The molecule has 154 valence electrons. The van der Waals surface area contributed by atoms with Gasteiger partial charge in [-0.25, -0.2) is 0 Å². The second-order valence-electron chi connectivity index (χ2n) is 8.23. The topological polar surface area (TPSA) is 74.1 Å². The molecular weight excluding hydrogens is 398 g/mol. The average Bonchev–Trinajstić information content (AvgIpc) is 3.11. The lowest BCUT2D eigenvalue weighted by atomic mass is 9.93. The number of para-hydroxylation sites is 1. The first kappa shape index (κ1) is 20.1. The van der Waals surface area contributed by atoms with E-state index in [1.54, 1.807) is 24.4 Å². The second kappa shape index (κ2) is 7.25. The van der Waals surface area contributed by atoms with Gasteiger partial charge in [0.15, 0.2) is 0 Å². The van der Waals surface area contributed by atoms with Crippen molar-refractivity contribution in [2.24, 2.45) is 0 Å². The van der Waals surface area contributed by atoms with Crippen molar-refractivity contribution < 1.29 is 12.6 Å². The number of nitrogens with zero attached hydrogens (tertiary/aromatic N) is 3. The zero-order chi connectivity index (χ0) is 21.5. The molecule has 0 atom stereocenters. The van der Waals surface area contributed by atoms with E-state index in [-0.39, 0.29) is 16.2 Å². The maximum Gasteiger partial charge on any atom is 0.342 e. The van der Waals surface area contributed by atoms with Crippen molar-refractivity contribution in [3.8, 4) is 11.6 Å². The Morgan fingerprint density at radius 1 is 0.967 bits per heavy atom. The van der Waals surface area contributed by atoms with E-state index >= 15 is 0 Å². The van der Waals surface area contributed by atoms with Crippen molar-refractivity contribution >= 4 is 21.0 Å². The normalized spacial score (nSPS) is 12.3. The SMILES string of the molecule is Cc1ccc(-n2nc(C(C)(C)C)cc2OS(=O)(=O)c2cccc3cccnc23)cc1. The lowest BCUT2D eigenvalue weighted by molar-refractivity contribution is 0.465. The highest BCUT2D eigenvalue weighted by Crippen LogP contribution is 2.30. The van der Waals surface area contributed by atoms with E-state index in [2.05, 4.69) is 10.1 Å². The van der Waals surface area contributed by atoms with Crippen molar-refractivity contribution in [3.05, 3.63) is 78.1 Å². The summed E-state index contributed by atoms with van der Waals surface area (Å²) in [5.41, 5.74) is 2.64. The first-order valence-electron chi connectivity index (χ1n) is 9.61. The van der Waals surface area contributed by atoms with Crippen LogP contribution < -0.4 is 4.18 Å². The predicted octanol–water partition coefficient (Wildman–Crippen LogP) is 4.79. The van der Waals surface area contributed by atoms with Crippen LogP contribution in [0.3, 0.4) is 0 Å². The quantitative estimate of drug-likeness (QED) is 0.443. The molecule has 0 unspecified atom stereocenters. The Hall–Kier alpha value is -3.19. The minimum Gasteiger partial charge on any atom is -0.358 e. The Bertz CT molecular complexity index is 1310. The monoisotopic (exact) mass is 421 g/mol. The van der Waals surface area contributed by atoms with Gasteiger partial charge in [0.25, 0.3) is 0 Å². The minimum absolute atomic E-state index is 0.0227. The van der Waals surface area contributed by atoms with Gasteiger partial charge in [-0.15, -0.1) is 0 Å². The van der Waals surface area contributed by atoms with E-state index in [0.717, 1.165) is 22.3 Å². The molecule has 0 amide bonds. The highest BCUT2D eigenvalue weighted by molar-refractivity contribution is 7.87. The first-order chi connectivity index (χ1) is 14.1. The molecule has 0 bridgehead atoms. The molecule has 4 aromatic rings. The summed E-state index contributed by atoms with van der Waals surface area (Å²) in [5.74, 6) is 0.136. The molecule has 0 radical (unpaired) electrons. The zero-order valence-electron chi connectivity index (χ0n) is 17.3. The van der Waals surface area contributed by atoms with Gasteiger partial charge in [0.2, 0.25) is 5.88 Å². The van der Waals surface area contributed by atoms with E-state index in [1.165, 1.54) is 10.7 Å². The molecular formula is C23H23N3O3S. The fourth-order valence-electron chi connectivity index (χ4n) is 3.10. The van der Waals surface area contributed by atoms with E-state index in [4.69, 9.17) is 4.18 Å². The van der Waals surface area contributed by atoms with Crippen LogP contribution in [0.15, 0.2) is 71.8 Å². The van der Waals surface area contributed by atoms with Gasteiger partial charge >= 0.3 is 10.1 Å². The molecule has 2 aromatic heterocycles. The summed E-state index contributed by atoms with van der Waals surface area (Å²) in [6, 6.07) is 17.9. The summed E-state index contributed by atoms with van der Waals surface area (Å²) < 4.78 is 33.6. The molecule has 0 N–H and O–H groups in total. The minimum atomic E-state index is -4.13. The number of rotatable bonds is 4. The standard InChI is InChI=1S/C23H23N3O3S/c1-16-10-12-18(13-11-16)26-21(15-20(25-26)23(2,3)4)29-30(27,28)19-9-5-7-17-8-6-14-24-22(17)19/h5-15H,1-4H3. The summed E-state index contributed by atoms with van der Waals surface area (Å²) in [6.07, 6.45) is 1.57. The molecule has 0 aliphatic carbocycles. The molecule has 7 heteroatoms. The first-order valence-corrected chi connectivity index (χ1v) is 11.0. The number of hydrogen-bond acceptors (Lipinski definition) is 5. The second-order valence-corrected chi connectivity index (χ2v) is 9.75. The summed E-state index contributed by atoms with van der Waals surface area (Å²) in [4.78, 5) is 4.26. The number of pyridine rings is 1. The van der Waals surface area contributed by atoms with Crippen molar-refractivity contribution in [2.75, 3.05) is 0 Å². The van der Waals surface area contributed by atoms with Crippen LogP contribution in [0.25, 0.3) is 16.6 Å². The summed E-state index contributed by atoms with van der Waals surface area (Å²) in [5, 5.41) is 5.36. The van der Waals surface area contributed by atoms with Crippen molar-refractivity contribution in [1.29, 1.82) is 0 Å². The third kappa shape index (κ3) is 3.80. The molecule has 0 aliphatic heterocycles. The number of aryl methyl sites for hydroxylation is 1. The van der Waals surface area contributed by atoms with E-state index in [9.17, 15) is 8.42 Å². The third-order valence-corrected chi connectivity index (χ3v) is 6.04. The van der Waals surface area contributed by atoms with Crippen molar-refractivity contribution in [1.82, 2.24) is 14.8 Å². The smallest absolute Gasteiger partial charge is 0.342 e. The lowest BCUT2D eigenvalue weighted by Gasteiger charge is -2.13. The van der Waals surface area contributed by atoms with Crippen LogP contribution in [-0.2, 0) is 15.5 Å². The van der Waals surface area contributed by atoms with Gasteiger partial charge in [-0.2, -0.15) is 18.2 Å². The van der Waals surface area contributed by atoms with Crippen LogP contribution in [-0.4, -0.2) is 23.2 Å². The Labute approximate surface area is 176 Å². The highest BCUT2D eigenvalue weighted by Gasteiger charge is 2.26. The molecule has 0 spiro atoms. The third-order valence-electron chi connectivity index (χ3n) is 4.78. The summed E-state index contributed by atoms with van der Waals surface area (Å²) in [6.45, 7) is 8.04. The molecule has 0 saturated carbocycles. The molecule has 2 heterocycles. The highest BCUT2D eigenvalue weighted by atomic mass is 32.2. The van der Waals surface area contributed by atoms with Gasteiger partial charge in [0.1, 0.15) is 4.90 Å². The van der Waals surface area contributed by atoms with Gasteiger partial charge in [0, 0.05) is 23.1 Å². The Morgan fingerprint density at radius 3 is 2.37 bits per heavy atom. The van der Waals surface area contributed by atoms with Gasteiger partial charge in [-0.1, -0.05) is 56.7 Å². The molecule has 30 heavy (non-hydrogen) atoms. The maximum absolute atomic E-state index is 13.2.